The summed E-state index contributed by atoms with van der Waals surface area (Å²) in [5.41, 5.74) is 2.98. The molecule has 1 amide bonds. The summed E-state index contributed by atoms with van der Waals surface area (Å²) in [6.07, 6.45) is 1.97. The molecule has 0 saturated heterocycles. The second-order valence-corrected chi connectivity index (χ2v) is 7.48. The number of fused-ring (bicyclic) bond motifs is 2. The Morgan fingerprint density at radius 3 is 2.68 bits per heavy atom. The number of aromatic nitrogens is 2. The zero-order valence-electron chi connectivity index (χ0n) is 15.4. The van der Waals surface area contributed by atoms with E-state index in [2.05, 4.69) is 9.97 Å². The van der Waals surface area contributed by atoms with Crippen LogP contribution in [-0.4, -0.2) is 45.6 Å². The number of rotatable bonds is 4. The zero-order chi connectivity index (χ0) is 19.5. The van der Waals surface area contributed by atoms with Gasteiger partial charge in [-0.05, 0) is 17.2 Å². The Balaban J connectivity index is 1.55. The molecule has 2 heterocycles. The van der Waals surface area contributed by atoms with E-state index >= 15 is 0 Å². The summed E-state index contributed by atoms with van der Waals surface area (Å²) in [7, 11) is 1.35. The highest BCUT2D eigenvalue weighted by Crippen LogP contribution is 2.28. The molecule has 0 unspecified atom stereocenters. The van der Waals surface area contributed by atoms with Crippen LogP contribution in [0.2, 0.25) is 0 Å². The number of para-hydroxylation sites is 1. The smallest absolute Gasteiger partial charge is 0.328 e. The van der Waals surface area contributed by atoms with Gasteiger partial charge in [0.25, 0.3) is 0 Å². The molecule has 0 aliphatic carbocycles. The Labute approximate surface area is 166 Å². The Morgan fingerprint density at radius 2 is 1.86 bits per heavy atom. The molecule has 28 heavy (non-hydrogen) atoms. The molecule has 0 saturated carbocycles. The van der Waals surface area contributed by atoms with E-state index < -0.39 is 6.04 Å². The first-order valence-electron chi connectivity index (χ1n) is 8.94. The number of amides is 1. The molecule has 3 aromatic rings. The molecule has 1 aliphatic rings. The van der Waals surface area contributed by atoms with Gasteiger partial charge in [0.1, 0.15) is 17.4 Å². The number of thioether (sulfide) groups is 1. The number of ether oxygens (including phenoxy) is 1. The molecule has 1 aromatic heterocycles. The lowest BCUT2D eigenvalue weighted by Crippen LogP contribution is -2.49. The van der Waals surface area contributed by atoms with Crippen molar-refractivity contribution in [1.82, 2.24) is 14.9 Å². The van der Waals surface area contributed by atoms with E-state index in [1.807, 2.05) is 48.5 Å². The molecule has 0 N–H and O–H groups in total. The van der Waals surface area contributed by atoms with Gasteiger partial charge in [-0.25, -0.2) is 14.8 Å². The average molecular weight is 393 g/mol. The van der Waals surface area contributed by atoms with Gasteiger partial charge in [-0.1, -0.05) is 54.2 Å². The van der Waals surface area contributed by atoms with Gasteiger partial charge in [0.15, 0.2) is 0 Å². The summed E-state index contributed by atoms with van der Waals surface area (Å²) >= 11 is 1.36. The lowest BCUT2D eigenvalue weighted by molar-refractivity contribution is -0.153. The minimum Gasteiger partial charge on any atom is -0.467 e. The lowest BCUT2D eigenvalue weighted by Gasteiger charge is -2.35. The second kappa shape index (κ2) is 7.98. The monoisotopic (exact) mass is 393 g/mol. The molecule has 4 rings (SSSR count). The van der Waals surface area contributed by atoms with Gasteiger partial charge in [0.05, 0.1) is 18.4 Å². The molecule has 0 fully saturated rings. The predicted octanol–water partition coefficient (Wildman–Crippen LogP) is 2.85. The average Bonchev–Trinajstić information content (AvgIpc) is 2.75. The van der Waals surface area contributed by atoms with Crippen LogP contribution in [0.25, 0.3) is 10.9 Å². The van der Waals surface area contributed by atoms with Crippen LogP contribution in [0.4, 0.5) is 0 Å². The Hall–Kier alpha value is -2.93. The largest absolute Gasteiger partial charge is 0.467 e. The SMILES string of the molecule is COC(=O)[C@@H]1Cc2ccccc2CN1C(=O)CSc1ncnc2ccccc12. The number of hydrogen-bond donors (Lipinski definition) is 0. The number of nitrogens with zero attached hydrogens (tertiary/aromatic N) is 3. The molecular formula is C21H19N3O3S. The summed E-state index contributed by atoms with van der Waals surface area (Å²) in [4.78, 5) is 35.5. The second-order valence-electron chi connectivity index (χ2n) is 6.52. The van der Waals surface area contributed by atoms with E-state index in [1.165, 1.54) is 25.2 Å². The molecular weight excluding hydrogens is 374 g/mol. The van der Waals surface area contributed by atoms with Gasteiger partial charge in [-0.2, -0.15) is 0 Å². The third kappa shape index (κ3) is 3.57. The van der Waals surface area contributed by atoms with E-state index in [0.29, 0.717) is 13.0 Å². The van der Waals surface area contributed by atoms with Crippen molar-refractivity contribution in [2.75, 3.05) is 12.9 Å². The van der Waals surface area contributed by atoms with Gasteiger partial charge in [0, 0.05) is 18.4 Å². The van der Waals surface area contributed by atoms with E-state index in [9.17, 15) is 9.59 Å². The Kier molecular flexibility index (Phi) is 5.25. The van der Waals surface area contributed by atoms with Crippen LogP contribution in [-0.2, 0) is 27.3 Å². The van der Waals surface area contributed by atoms with E-state index in [0.717, 1.165) is 27.1 Å². The summed E-state index contributed by atoms with van der Waals surface area (Å²) < 4.78 is 4.95. The third-order valence-corrected chi connectivity index (χ3v) is 5.87. The molecule has 0 radical (unpaired) electrons. The molecule has 0 bridgehead atoms. The summed E-state index contributed by atoms with van der Waals surface area (Å²) in [5.74, 6) is -0.311. The van der Waals surface area contributed by atoms with Crippen molar-refractivity contribution in [2.45, 2.75) is 24.0 Å². The first-order chi connectivity index (χ1) is 13.7. The first-order valence-corrected chi connectivity index (χ1v) is 9.92. The molecule has 1 aliphatic heterocycles. The van der Waals surface area contributed by atoms with E-state index in [4.69, 9.17) is 4.74 Å². The van der Waals surface area contributed by atoms with Gasteiger partial charge < -0.3 is 9.64 Å². The van der Waals surface area contributed by atoms with Crippen LogP contribution in [0.3, 0.4) is 0 Å². The van der Waals surface area contributed by atoms with Crippen LogP contribution in [0.1, 0.15) is 11.1 Å². The minimum atomic E-state index is -0.602. The van der Waals surface area contributed by atoms with Crippen LogP contribution < -0.4 is 0 Å². The molecule has 0 spiro atoms. The van der Waals surface area contributed by atoms with Gasteiger partial charge >= 0.3 is 5.97 Å². The fraction of sp³-hybridized carbons (Fsp3) is 0.238. The fourth-order valence-corrected chi connectivity index (χ4v) is 4.32. The van der Waals surface area contributed by atoms with Crippen LogP contribution in [0, 0.1) is 0 Å². The first kappa shape index (κ1) is 18.4. The predicted molar refractivity (Wildman–Crippen MR) is 107 cm³/mol. The van der Waals surface area contributed by atoms with Crippen LogP contribution >= 0.6 is 11.8 Å². The highest BCUT2D eigenvalue weighted by atomic mass is 32.2. The van der Waals surface area contributed by atoms with Gasteiger partial charge in [-0.3, -0.25) is 4.79 Å². The fourth-order valence-electron chi connectivity index (χ4n) is 3.44. The number of hydrogen-bond acceptors (Lipinski definition) is 6. The van der Waals surface area contributed by atoms with Crippen molar-refractivity contribution in [3.05, 3.63) is 66.0 Å². The van der Waals surface area contributed by atoms with E-state index in [1.54, 1.807) is 4.90 Å². The van der Waals surface area contributed by atoms with E-state index in [-0.39, 0.29) is 17.6 Å². The third-order valence-electron chi connectivity index (χ3n) is 4.88. The maximum Gasteiger partial charge on any atom is 0.328 e. The maximum atomic E-state index is 13.0. The lowest BCUT2D eigenvalue weighted by atomic mass is 9.94. The minimum absolute atomic E-state index is 0.113. The van der Waals surface area contributed by atoms with Crippen molar-refractivity contribution in [3.63, 3.8) is 0 Å². The van der Waals surface area contributed by atoms with Crippen LogP contribution in [0.5, 0.6) is 0 Å². The quantitative estimate of drug-likeness (QED) is 0.386. The van der Waals surface area contributed by atoms with Crippen molar-refractivity contribution in [2.24, 2.45) is 0 Å². The topological polar surface area (TPSA) is 72.4 Å². The number of methoxy groups -OCH3 is 1. The number of esters is 1. The van der Waals surface area contributed by atoms with Crippen molar-refractivity contribution in [1.29, 1.82) is 0 Å². The molecule has 7 heteroatoms. The molecule has 6 nitrogen and oxygen atoms in total. The van der Waals surface area contributed by atoms with Gasteiger partial charge in [-0.15, -0.1) is 0 Å². The number of carbonyl (C=O) groups excluding carboxylic acids is 2. The highest BCUT2D eigenvalue weighted by molar-refractivity contribution is 8.00. The molecule has 2 aromatic carbocycles. The van der Waals surface area contributed by atoms with Crippen LogP contribution in [0.15, 0.2) is 59.9 Å². The summed E-state index contributed by atoms with van der Waals surface area (Å²) in [6, 6.07) is 15.0. The summed E-state index contributed by atoms with van der Waals surface area (Å²) in [5, 5.41) is 1.67. The van der Waals surface area contributed by atoms with Gasteiger partial charge in [0.2, 0.25) is 5.91 Å². The highest BCUT2D eigenvalue weighted by Gasteiger charge is 2.35. The molecule has 142 valence electrons. The van der Waals surface area contributed by atoms with Crippen molar-refractivity contribution < 1.29 is 14.3 Å². The maximum absolute atomic E-state index is 13.0. The molecule has 1 atom stereocenters. The Bertz CT molecular complexity index is 1030. The summed E-state index contributed by atoms with van der Waals surface area (Å²) in [6.45, 7) is 0.403. The number of benzene rings is 2. The Morgan fingerprint density at radius 1 is 1.11 bits per heavy atom. The zero-order valence-corrected chi connectivity index (χ0v) is 16.2. The normalized spacial score (nSPS) is 15.9. The van der Waals surface area contributed by atoms with Crippen molar-refractivity contribution in [3.8, 4) is 0 Å². The number of carbonyl (C=O) groups is 2. The standard InChI is InChI=1S/C21H19N3O3S/c1-27-21(26)18-10-14-6-2-3-7-15(14)11-24(18)19(25)12-28-20-16-8-4-5-9-17(16)22-13-23-20/h2-9,13,18H,10-12H2,1H3/t18-/m0/s1. The van der Waals surface area contributed by atoms with Crippen molar-refractivity contribution >= 4 is 34.5 Å².